The summed E-state index contributed by atoms with van der Waals surface area (Å²) in [7, 11) is -3.65. The maximum absolute atomic E-state index is 12.3. The van der Waals surface area contributed by atoms with Crippen molar-refractivity contribution in [3.05, 3.63) is 42.5 Å². The minimum Gasteiger partial charge on any atom is -0.406 e. The van der Waals surface area contributed by atoms with Crippen molar-refractivity contribution >= 4 is 15.5 Å². The first kappa shape index (κ1) is 16.2. The van der Waals surface area contributed by atoms with Crippen LogP contribution in [0.15, 0.2) is 47.4 Å². The standard InChI is InChI=1S/C14H12F3NO3S/c1-22(19,20)13-11(6-3-7-12(13)18)9-4-2-5-10(8-9)21-14(15,16)17/h2-8H,18H2,1H3. The molecule has 0 aromatic heterocycles. The van der Waals surface area contributed by atoms with E-state index in [0.717, 1.165) is 18.4 Å². The molecule has 0 aliphatic carbocycles. The van der Waals surface area contributed by atoms with Crippen LogP contribution in [0, 0.1) is 0 Å². The van der Waals surface area contributed by atoms with Gasteiger partial charge in [0.25, 0.3) is 0 Å². The highest BCUT2D eigenvalue weighted by Gasteiger charge is 2.31. The van der Waals surface area contributed by atoms with Gasteiger partial charge in [0.2, 0.25) is 0 Å². The second-order valence-corrected chi connectivity index (χ2v) is 6.52. The summed E-state index contributed by atoms with van der Waals surface area (Å²) in [6.45, 7) is 0. The van der Waals surface area contributed by atoms with Crippen molar-refractivity contribution in [3.8, 4) is 16.9 Å². The fraction of sp³-hybridized carbons (Fsp3) is 0.143. The third-order valence-corrected chi connectivity index (χ3v) is 3.99. The molecule has 0 aliphatic rings. The van der Waals surface area contributed by atoms with Crippen molar-refractivity contribution in [2.24, 2.45) is 0 Å². The number of alkyl halides is 3. The Morgan fingerprint density at radius 3 is 2.32 bits per heavy atom. The van der Waals surface area contributed by atoms with Crippen molar-refractivity contribution in [2.45, 2.75) is 11.3 Å². The van der Waals surface area contributed by atoms with Crippen molar-refractivity contribution in [1.82, 2.24) is 0 Å². The smallest absolute Gasteiger partial charge is 0.406 e. The van der Waals surface area contributed by atoms with Gasteiger partial charge in [0, 0.05) is 11.8 Å². The Bertz CT molecular complexity index is 801. The van der Waals surface area contributed by atoms with Crippen LogP contribution in [0.2, 0.25) is 0 Å². The van der Waals surface area contributed by atoms with Crippen molar-refractivity contribution < 1.29 is 26.3 Å². The van der Waals surface area contributed by atoms with E-state index in [4.69, 9.17) is 5.73 Å². The van der Waals surface area contributed by atoms with Gasteiger partial charge in [-0.3, -0.25) is 0 Å². The van der Waals surface area contributed by atoms with Crippen LogP contribution in [0.1, 0.15) is 0 Å². The molecule has 4 nitrogen and oxygen atoms in total. The zero-order valence-electron chi connectivity index (χ0n) is 11.4. The van der Waals surface area contributed by atoms with Gasteiger partial charge in [0.1, 0.15) is 5.75 Å². The number of benzene rings is 2. The van der Waals surface area contributed by atoms with Gasteiger partial charge in [-0.05, 0) is 23.8 Å². The quantitative estimate of drug-likeness (QED) is 0.877. The second-order valence-electron chi connectivity index (χ2n) is 4.57. The first-order valence-electron chi connectivity index (χ1n) is 6.02. The molecule has 118 valence electrons. The maximum Gasteiger partial charge on any atom is 0.573 e. The molecule has 0 fully saturated rings. The molecule has 2 N–H and O–H groups in total. The van der Waals surface area contributed by atoms with Gasteiger partial charge in [-0.25, -0.2) is 8.42 Å². The van der Waals surface area contributed by atoms with E-state index < -0.39 is 21.9 Å². The zero-order chi connectivity index (χ0) is 16.5. The molecular weight excluding hydrogens is 319 g/mol. The lowest BCUT2D eigenvalue weighted by molar-refractivity contribution is -0.274. The summed E-state index contributed by atoms with van der Waals surface area (Å²) in [4.78, 5) is -0.126. The summed E-state index contributed by atoms with van der Waals surface area (Å²) in [5.41, 5.74) is 6.20. The van der Waals surface area contributed by atoms with Gasteiger partial charge in [-0.1, -0.05) is 24.3 Å². The van der Waals surface area contributed by atoms with Gasteiger partial charge in [0.05, 0.1) is 10.6 Å². The molecule has 2 rings (SSSR count). The molecule has 0 atom stereocenters. The molecule has 0 bridgehead atoms. The van der Waals surface area contributed by atoms with E-state index in [1.165, 1.54) is 30.3 Å². The fourth-order valence-electron chi connectivity index (χ4n) is 2.06. The SMILES string of the molecule is CS(=O)(=O)c1c(N)cccc1-c1cccc(OC(F)(F)F)c1. The Kier molecular flexibility index (Phi) is 4.06. The van der Waals surface area contributed by atoms with Crippen molar-refractivity contribution in [2.75, 3.05) is 12.0 Å². The van der Waals surface area contributed by atoms with Crippen LogP contribution in [0.3, 0.4) is 0 Å². The van der Waals surface area contributed by atoms with E-state index in [0.29, 0.717) is 0 Å². The lowest BCUT2D eigenvalue weighted by atomic mass is 10.0. The first-order chi connectivity index (χ1) is 10.1. The summed E-state index contributed by atoms with van der Waals surface area (Å²) in [6.07, 6.45) is -3.84. The largest absolute Gasteiger partial charge is 0.573 e. The van der Waals surface area contributed by atoms with Crippen LogP contribution in [0.4, 0.5) is 18.9 Å². The Balaban J connectivity index is 2.59. The Morgan fingerprint density at radius 2 is 1.73 bits per heavy atom. The molecule has 0 saturated heterocycles. The molecule has 0 aliphatic heterocycles. The summed E-state index contributed by atoms with van der Waals surface area (Å²) in [5.74, 6) is -0.438. The van der Waals surface area contributed by atoms with Crippen molar-refractivity contribution in [1.29, 1.82) is 0 Å². The van der Waals surface area contributed by atoms with Crippen LogP contribution in [0.5, 0.6) is 5.75 Å². The molecular formula is C14H12F3NO3S. The zero-order valence-corrected chi connectivity index (χ0v) is 12.2. The highest BCUT2D eigenvalue weighted by Crippen LogP contribution is 2.34. The minimum atomic E-state index is -4.83. The van der Waals surface area contributed by atoms with E-state index in [1.807, 2.05) is 0 Å². The molecule has 0 heterocycles. The summed E-state index contributed by atoms with van der Waals surface area (Å²) < 4.78 is 64.4. The number of hydrogen-bond acceptors (Lipinski definition) is 4. The number of nitrogen functional groups attached to an aromatic ring is 1. The third kappa shape index (κ3) is 3.70. The van der Waals surface area contributed by atoms with Crippen molar-refractivity contribution in [3.63, 3.8) is 0 Å². The fourth-order valence-corrected chi connectivity index (χ4v) is 3.14. The monoisotopic (exact) mass is 331 g/mol. The molecule has 0 saturated carbocycles. The Hall–Kier alpha value is -2.22. The molecule has 0 radical (unpaired) electrons. The van der Waals surface area contributed by atoms with Gasteiger partial charge >= 0.3 is 6.36 Å². The Morgan fingerprint density at radius 1 is 1.09 bits per heavy atom. The van der Waals surface area contributed by atoms with Crippen LogP contribution in [-0.4, -0.2) is 21.0 Å². The van der Waals surface area contributed by atoms with Crippen LogP contribution < -0.4 is 10.5 Å². The molecule has 2 aromatic rings. The maximum atomic E-state index is 12.3. The van der Waals surface area contributed by atoms with Crippen LogP contribution in [-0.2, 0) is 9.84 Å². The highest BCUT2D eigenvalue weighted by molar-refractivity contribution is 7.91. The van der Waals surface area contributed by atoms with E-state index in [2.05, 4.69) is 4.74 Å². The predicted octanol–water partition coefficient (Wildman–Crippen LogP) is 3.24. The number of hydrogen-bond donors (Lipinski definition) is 1. The molecule has 0 unspecified atom stereocenters. The molecule has 8 heteroatoms. The lowest BCUT2D eigenvalue weighted by Gasteiger charge is -2.13. The summed E-state index contributed by atoms with van der Waals surface area (Å²) >= 11 is 0. The highest BCUT2D eigenvalue weighted by atomic mass is 32.2. The number of nitrogens with two attached hydrogens (primary N) is 1. The molecule has 0 spiro atoms. The van der Waals surface area contributed by atoms with Gasteiger partial charge < -0.3 is 10.5 Å². The first-order valence-corrected chi connectivity index (χ1v) is 7.92. The van der Waals surface area contributed by atoms with Crippen LogP contribution in [0.25, 0.3) is 11.1 Å². The van der Waals surface area contributed by atoms with E-state index in [9.17, 15) is 21.6 Å². The lowest BCUT2D eigenvalue weighted by Crippen LogP contribution is -2.17. The summed E-state index contributed by atoms with van der Waals surface area (Å²) in [6, 6.07) is 9.46. The second kappa shape index (κ2) is 5.53. The number of anilines is 1. The number of rotatable bonds is 3. The third-order valence-electron chi connectivity index (χ3n) is 2.79. The van der Waals surface area contributed by atoms with Gasteiger partial charge in [0.15, 0.2) is 9.84 Å². The van der Waals surface area contributed by atoms with Gasteiger partial charge in [-0.15, -0.1) is 13.2 Å². The summed E-state index contributed by atoms with van der Waals surface area (Å²) in [5, 5.41) is 0. The molecule has 2 aromatic carbocycles. The van der Waals surface area contributed by atoms with E-state index >= 15 is 0 Å². The molecule has 0 amide bonds. The minimum absolute atomic E-state index is 0.0298. The average molecular weight is 331 g/mol. The average Bonchev–Trinajstić information content (AvgIpc) is 2.35. The number of ether oxygens (including phenoxy) is 1. The Labute approximate surface area is 125 Å². The van der Waals surface area contributed by atoms with E-state index in [-0.39, 0.29) is 21.7 Å². The molecule has 22 heavy (non-hydrogen) atoms. The van der Waals surface area contributed by atoms with E-state index in [1.54, 1.807) is 0 Å². The topological polar surface area (TPSA) is 69.4 Å². The van der Waals surface area contributed by atoms with Gasteiger partial charge in [-0.2, -0.15) is 0 Å². The number of sulfone groups is 1. The number of halogens is 3. The van der Waals surface area contributed by atoms with Crippen LogP contribution >= 0.6 is 0 Å². The predicted molar refractivity (Wildman–Crippen MR) is 76.1 cm³/mol. The normalized spacial score (nSPS) is 12.2.